The molecule has 0 N–H and O–H groups in total. The lowest BCUT2D eigenvalue weighted by Crippen LogP contribution is -2.10. The van der Waals surface area contributed by atoms with Gasteiger partial charge in [-0.3, -0.25) is 0 Å². The Balaban J connectivity index is 0.947. The molecule has 12 rings (SSSR count). The third-order valence-corrected chi connectivity index (χ3v) is 14.0. The van der Waals surface area contributed by atoms with Crippen LogP contribution in [-0.2, 0) is 0 Å². The van der Waals surface area contributed by atoms with E-state index >= 15 is 0 Å². The second kappa shape index (κ2) is 17.0. The molecule has 0 radical (unpaired) electrons. The number of anilines is 3. The first-order valence-corrected chi connectivity index (χ1v) is 23.4. The van der Waals surface area contributed by atoms with Crippen LogP contribution < -0.4 is 4.90 Å². The van der Waals surface area contributed by atoms with Crippen LogP contribution in [0.4, 0.5) is 17.1 Å². The molecule has 1 aromatic heterocycles. The molecule has 310 valence electrons. The van der Waals surface area contributed by atoms with Crippen LogP contribution in [0.1, 0.15) is 0 Å². The molecule has 66 heavy (non-hydrogen) atoms. The van der Waals surface area contributed by atoms with Crippen molar-refractivity contribution in [1.82, 2.24) is 0 Å². The van der Waals surface area contributed by atoms with Gasteiger partial charge in [0.2, 0.25) is 0 Å². The summed E-state index contributed by atoms with van der Waals surface area (Å²) in [4.78, 5) is 2.39. The zero-order chi connectivity index (χ0) is 43.8. The molecule has 0 saturated heterocycles. The molecular weight excluding hydrogens is 815 g/mol. The fourth-order valence-corrected chi connectivity index (χ4v) is 10.6. The zero-order valence-electron chi connectivity index (χ0n) is 36.2. The summed E-state index contributed by atoms with van der Waals surface area (Å²) in [6.45, 7) is 0. The molecule has 11 aromatic carbocycles. The summed E-state index contributed by atoms with van der Waals surface area (Å²) in [5, 5.41) is 5.13. The van der Waals surface area contributed by atoms with Crippen LogP contribution in [0.3, 0.4) is 0 Å². The highest BCUT2D eigenvalue weighted by Gasteiger charge is 2.16. The first-order valence-electron chi connectivity index (χ1n) is 22.6. The minimum Gasteiger partial charge on any atom is -0.310 e. The lowest BCUT2D eigenvalue weighted by molar-refractivity contribution is 1.28. The van der Waals surface area contributed by atoms with Crippen LogP contribution in [0.15, 0.2) is 261 Å². The first-order chi connectivity index (χ1) is 32.7. The Morgan fingerprint density at radius 3 is 1.35 bits per heavy atom. The fourth-order valence-electron chi connectivity index (χ4n) is 9.52. The Labute approximate surface area is 389 Å². The van der Waals surface area contributed by atoms with Crippen LogP contribution in [-0.4, -0.2) is 0 Å². The average Bonchev–Trinajstić information content (AvgIpc) is 3.78. The Kier molecular flexibility index (Phi) is 10.1. The van der Waals surface area contributed by atoms with Gasteiger partial charge in [-0.1, -0.05) is 182 Å². The molecule has 0 unspecified atom stereocenters. The van der Waals surface area contributed by atoms with Gasteiger partial charge in [-0.25, -0.2) is 0 Å². The van der Waals surface area contributed by atoms with E-state index in [4.69, 9.17) is 0 Å². The number of fused-ring (bicyclic) bond motifs is 4. The SMILES string of the molecule is c1ccc(-c2cc(-c3ccccc3)cc(-c3ccc(N(c4ccc(-c5ccc6sc7ccccc7c6c5)cc4)c4cccc(-c5cccc(-c6cccc7ccccc67)c5)c4)cc3)c2)cc1. The largest absolute Gasteiger partial charge is 0.310 e. The highest BCUT2D eigenvalue weighted by Crippen LogP contribution is 2.42. The van der Waals surface area contributed by atoms with E-state index in [-0.39, 0.29) is 0 Å². The van der Waals surface area contributed by atoms with Gasteiger partial charge >= 0.3 is 0 Å². The van der Waals surface area contributed by atoms with Crippen molar-refractivity contribution in [2.24, 2.45) is 0 Å². The Hall–Kier alpha value is -8.30. The summed E-state index contributed by atoms with van der Waals surface area (Å²) in [6.07, 6.45) is 0. The van der Waals surface area contributed by atoms with E-state index < -0.39 is 0 Å². The number of thiophene rings is 1. The zero-order valence-corrected chi connectivity index (χ0v) is 37.0. The summed E-state index contributed by atoms with van der Waals surface area (Å²) in [5.41, 5.74) is 17.6. The second-order valence-electron chi connectivity index (χ2n) is 16.9. The molecule has 0 aliphatic heterocycles. The monoisotopic (exact) mass is 857 g/mol. The third kappa shape index (κ3) is 7.54. The molecule has 0 atom stereocenters. The van der Waals surface area contributed by atoms with Crippen molar-refractivity contribution in [3.05, 3.63) is 261 Å². The summed E-state index contributed by atoms with van der Waals surface area (Å²) in [5.74, 6) is 0. The minimum absolute atomic E-state index is 1.09. The topological polar surface area (TPSA) is 3.24 Å². The summed E-state index contributed by atoms with van der Waals surface area (Å²) >= 11 is 1.86. The van der Waals surface area contributed by atoms with E-state index in [1.807, 2.05) is 11.3 Å². The molecule has 1 heterocycles. The quantitative estimate of drug-likeness (QED) is 0.140. The van der Waals surface area contributed by atoms with Gasteiger partial charge in [-0.15, -0.1) is 11.3 Å². The van der Waals surface area contributed by atoms with Gasteiger partial charge in [0.05, 0.1) is 0 Å². The molecular formula is C64H43NS. The number of rotatable bonds is 9. The van der Waals surface area contributed by atoms with Crippen molar-refractivity contribution < 1.29 is 0 Å². The van der Waals surface area contributed by atoms with Gasteiger partial charge in [0.25, 0.3) is 0 Å². The Morgan fingerprint density at radius 1 is 0.227 bits per heavy atom. The van der Waals surface area contributed by atoms with Gasteiger partial charge in [0.15, 0.2) is 0 Å². The van der Waals surface area contributed by atoms with E-state index in [2.05, 4.69) is 266 Å². The minimum atomic E-state index is 1.09. The number of hydrogen-bond donors (Lipinski definition) is 0. The van der Waals surface area contributed by atoms with E-state index in [0.717, 1.165) is 22.6 Å². The average molecular weight is 858 g/mol. The predicted octanol–water partition coefficient (Wildman–Crippen LogP) is 18.7. The van der Waals surface area contributed by atoms with E-state index in [9.17, 15) is 0 Å². The lowest BCUT2D eigenvalue weighted by Gasteiger charge is -2.26. The molecule has 2 heteroatoms. The highest BCUT2D eigenvalue weighted by atomic mass is 32.1. The maximum Gasteiger partial charge on any atom is 0.0467 e. The number of nitrogens with zero attached hydrogens (tertiary/aromatic N) is 1. The van der Waals surface area contributed by atoms with E-state index in [1.54, 1.807) is 0 Å². The molecule has 0 aliphatic rings. The molecule has 0 saturated carbocycles. The molecule has 0 aliphatic carbocycles. The smallest absolute Gasteiger partial charge is 0.0467 e. The van der Waals surface area contributed by atoms with Crippen LogP contribution in [0.5, 0.6) is 0 Å². The number of benzene rings is 11. The fraction of sp³-hybridized carbons (Fsp3) is 0. The van der Waals surface area contributed by atoms with Crippen molar-refractivity contribution in [2.45, 2.75) is 0 Å². The van der Waals surface area contributed by atoms with Gasteiger partial charge < -0.3 is 4.90 Å². The van der Waals surface area contributed by atoms with E-state index in [0.29, 0.717) is 0 Å². The van der Waals surface area contributed by atoms with Crippen LogP contribution >= 0.6 is 11.3 Å². The van der Waals surface area contributed by atoms with Gasteiger partial charge in [-0.2, -0.15) is 0 Å². The van der Waals surface area contributed by atoms with Crippen molar-refractivity contribution >= 4 is 59.3 Å². The van der Waals surface area contributed by atoms with Crippen molar-refractivity contribution in [3.8, 4) is 66.8 Å². The van der Waals surface area contributed by atoms with Gasteiger partial charge in [-0.05, 0) is 156 Å². The molecule has 0 spiro atoms. The first kappa shape index (κ1) is 39.3. The van der Waals surface area contributed by atoms with Crippen molar-refractivity contribution in [1.29, 1.82) is 0 Å². The second-order valence-corrected chi connectivity index (χ2v) is 18.0. The third-order valence-electron chi connectivity index (χ3n) is 12.8. The van der Waals surface area contributed by atoms with Crippen LogP contribution in [0.2, 0.25) is 0 Å². The highest BCUT2D eigenvalue weighted by molar-refractivity contribution is 7.25. The molecule has 12 aromatic rings. The normalized spacial score (nSPS) is 11.3. The Morgan fingerprint density at radius 2 is 0.667 bits per heavy atom. The molecule has 0 fully saturated rings. The van der Waals surface area contributed by atoms with Gasteiger partial charge in [0, 0.05) is 37.2 Å². The summed E-state index contributed by atoms with van der Waals surface area (Å²) in [7, 11) is 0. The molecule has 1 nitrogen and oxygen atoms in total. The maximum absolute atomic E-state index is 2.39. The van der Waals surface area contributed by atoms with Crippen molar-refractivity contribution in [3.63, 3.8) is 0 Å². The Bertz CT molecular complexity index is 3620. The standard InChI is InChI=1S/C64H43NS/c1-3-14-44(15-4-1)53-39-54(45-16-5-2-6-17-45)41-55(40-53)47-30-35-57(36-31-47)65(56-33-28-46(29-34-56)51-32-37-64-62(43-51)61-25-9-10-27-63(61)66-64)58-23-12-21-50(42-58)49-20-11-22-52(38-49)60-26-13-19-48-18-7-8-24-59(48)60/h1-43H. The maximum atomic E-state index is 2.39. The number of hydrogen-bond acceptors (Lipinski definition) is 2. The molecule has 0 bridgehead atoms. The van der Waals surface area contributed by atoms with E-state index in [1.165, 1.54) is 92.1 Å². The summed E-state index contributed by atoms with van der Waals surface area (Å²) < 4.78 is 2.64. The van der Waals surface area contributed by atoms with Crippen LogP contribution in [0.25, 0.3) is 97.7 Å². The summed E-state index contributed by atoms with van der Waals surface area (Å²) in [6, 6.07) is 95.2. The molecule has 0 amide bonds. The predicted molar refractivity (Wildman–Crippen MR) is 284 cm³/mol. The van der Waals surface area contributed by atoms with Gasteiger partial charge in [0.1, 0.15) is 0 Å². The van der Waals surface area contributed by atoms with Crippen molar-refractivity contribution in [2.75, 3.05) is 4.90 Å². The van der Waals surface area contributed by atoms with Crippen LogP contribution in [0, 0.1) is 0 Å². The lowest BCUT2D eigenvalue weighted by atomic mass is 9.93.